The molecule has 1 aliphatic carbocycles. The molecule has 0 atom stereocenters. The SMILES string of the molecule is Clc1cccc(CN(CC2CC2)C2CCNCC2)c1Cl. The molecule has 0 amide bonds. The fourth-order valence-electron chi connectivity index (χ4n) is 3.04. The summed E-state index contributed by atoms with van der Waals surface area (Å²) in [5, 5.41) is 4.84. The van der Waals surface area contributed by atoms with E-state index in [9.17, 15) is 0 Å². The van der Waals surface area contributed by atoms with Crippen molar-refractivity contribution in [2.24, 2.45) is 5.92 Å². The first-order valence-electron chi connectivity index (χ1n) is 7.61. The number of benzene rings is 1. The third-order valence-corrected chi connectivity index (χ3v) is 5.28. The molecular weight excluding hydrogens is 291 g/mol. The molecule has 0 unspecified atom stereocenters. The minimum Gasteiger partial charge on any atom is -0.317 e. The summed E-state index contributed by atoms with van der Waals surface area (Å²) in [4.78, 5) is 2.63. The molecule has 110 valence electrons. The van der Waals surface area contributed by atoms with Crippen LogP contribution in [0, 0.1) is 5.92 Å². The van der Waals surface area contributed by atoms with Gasteiger partial charge in [-0.15, -0.1) is 0 Å². The average molecular weight is 313 g/mol. The third kappa shape index (κ3) is 3.67. The average Bonchev–Trinajstić information content (AvgIpc) is 3.28. The van der Waals surface area contributed by atoms with Crippen LogP contribution in [0.2, 0.25) is 10.0 Å². The Bertz CT molecular complexity index is 454. The molecule has 1 saturated carbocycles. The van der Waals surface area contributed by atoms with E-state index < -0.39 is 0 Å². The van der Waals surface area contributed by atoms with Crippen LogP contribution in [-0.4, -0.2) is 30.6 Å². The van der Waals surface area contributed by atoms with Gasteiger partial charge in [0.1, 0.15) is 0 Å². The molecule has 1 saturated heterocycles. The van der Waals surface area contributed by atoms with Crippen molar-refractivity contribution in [3.63, 3.8) is 0 Å². The highest BCUT2D eigenvalue weighted by Gasteiger charge is 2.29. The molecule has 2 fully saturated rings. The number of hydrogen-bond donors (Lipinski definition) is 1. The summed E-state index contributed by atoms with van der Waals surface area (Å²) in [6.07, 6.45) is 5.27. The molecule has 1 aliphatic heterocycles. The minimum absolute atomic E-state index is 0.667. The van der Waals surface area contributed by atoms with Gasteiger partial charge < -0.3 is 5.32 Å². The molecule has 0 radical (unpaired) electrons. The van der Waals surface area contributed by atoms with Crippen molar-refractivity contribution in [2.45, 2.75) is 38.3 Å². The topological polar surface area (TPSA) is 15.3 Å². The van der Waals surface area contributed by atoms with E-state index in [1.807, 2.05) is 12.1 Å². The first kappa shape index (κ1) is 14.6. The third-order valence-electron chi connectivity index (χ3n) is 4.42. The van der Waals surface area contributed by atoms with Crippen molar-refractivity contribution >= 4 is 23.2 Å². The van der Waals surface area contributed by atoms with Gasteiger partial charge in [0.15, 0.2) is 0 Å². The highest BCUT2D eigenvalue weighted by molar-refractivity contribution is 6.42. The molecule has 3 rings (SSSR count). The van der Waals surface area contributed by atoms with Crippen LogP contribution >= 0.6 is 23.2 Å². The number of hydrogen-bond acceptors (Lipinski definition) is 2. The van der Waals surface area contributed by atoms with Crippen LogP contribution in [0.4, 0.5) is 0 Å². The van der Waals surface area contributed by atoms with E-state index in [0.717, 1.165) is 30.6 Å². The van der Waals surface area contributed by atoms with E-state index in [0.29, 0.717) is 11.1 Å². The molecule has 1 N–H and O–H groups in total. The Morgan fingerprint density at radius 1 is 1.10 bits per heavy atom. The van der Waals surface area contributed by atoms with Gasteiger partial charge >= 0.3 is 0 Å². The molecule has 2 aliphatic rings. The van der Waals surface area contributed by atoms with Crippen LogP contribution in [0.3, 0.4) is 0 Å². The Balaban J connectivity index is 1.72. The Hall–Kier alpha value is -0.280. The predicted molar refractivity (Wildman–Crippen MR) is 85.5 cm³/mol. The van der Waals surface area contributed by atoms with E-state index in [-0.39, 0.29) is 0 Å². The van der Waals surface area contributed by atoms with Gasteiger partial charge in [0.25, 0.3) is 0 Å². The van der Waals surface area contributed by atoms with E-state index in [4.69, 9.17) is 23.2 Å². The van der Waals surface area contributed by atoms with Crippen molar-refractivity contribution in [3.05, 3.63) is 33.8 Å². The van der Waals surface area contributed by atoms with Crippen molar-refractivity contribution in [3.8, 4) is 0 Å². The van der Waals surface area contributed by atoms with E-state index in [2.05, 4.69) is 16.3 Å². The van der Waals surface area contributed by atoms with Crippen LogP contribution in [0.15, 0.2) is 18.2 Å². The summed E-state index contributed by atoms with van der Waals surface area (Å²) in [5.41, 5.74) is 1.17. The maximum Gasteiger partial charge on any atom is 0.0637 e. The summed E-state index contributed by atoms with van der Waals surface area (Å²) in [6.45, 7) is 4.41. The zero-order chi connectivity index (χ0) is 13.9. The van der Waals surface area contributed by atoms with Crippen molar-refractivity contribution in [2.75, 3.05) is 19.6 Å². The molecule has 0 aromatic heterocycles. The van der Waals surface area contributed by atoms with Crippen LogP contribution < -0.4 is 5.32 Å². The predicted octanol–water partition coefficient (Wildman–Crippen LogP) is 3.96. The zero-order valence-electron chi connectivity index (χ0n) is 11.7. The van der Waals surface area contributed by atoms with Gasteiger partial charge in [-0.1, -0.05) is 35.3 Å². The first-order chi connectivity index (χ1) is 9.74. The molecule has 0 spiro atoms. The summed E-state index contributed by atoms with van der Waals surface area (Å²) < 4.78 is 0. The summed E-state index contributed by atoms with van der Waals surface area (Å²) in [5.74, 6) is 0.905. The molecular formula is C16H22Cl2N2. The maximum absolute atomic E-state index is 6.36. The Morgan fingerprint density at radius 3 is 2.55 bits per heavy atom. The summed E-state index contributed by atoms with van der Waals surface area (Å²) in [7, 11) is 0. The standard InChI is InChI=1S/C16H22Cl2N2/c17-15-3-1-2-13(16(15)18)11-20(10-12-4-5-12)14-6-8-19-9-7-14/h1-3,12,14,19H,4-11H2. The van der Waals surface area contributed by atoms with Gasteiger partial charge in [-0.05, 0) is 56.3 Å². The smallest absolute Gasteiger partial charge is 0.0637 e. The normalized spacial score (nSPS) is 20.6. The van der Waals surface area contributed by atoms with Gasteiger partial charge in [-0.25, -0.2) is 0 Å². The van der Waals surface area contributed by atoms with Crippen LogP contribution in [-0.2, 0) is 6.54 Å². The van der Waals surface area contributed by atoms with Gasteiger partial charge in [-0.2, -0.15) is 0 Å². The highest BCUT2D eigenvalue weighted by Crippen LogP contribution is 2.33. The highest BCUT2D eigenvalue weighted by atomic mass is 35.5. The first-order valence-corrected chi connectivity index (χ1v) is 8.37. The minimum atomic E-state index is 0.667. The van der Waals surface area contributed by atoms with Gasteiger partial charge in [0.05, 0.1) is 10.0 Å². The zero-order valence-corrected chi connectivity index (χ0v) is 13.3. The van der Waals surface area contributed by atoms with Gasteiger partial charge in [0, 0.05) is 19.1 Å². The second-order valence-corrected chi connectivity index (χ2v) is 6.85. The maximum atomic E-state index is 6.36. The van der Waals surface area contributed by atoms with E-state index in [1.165, 1.54) is 37.8 Å². The molecule has 1 heterocycles. The lowest BCUT2D eigenvalue weighted by Crippen LogP contribution is -2.43. The molecule has 1 aromatic carbocycles. The fraction of sp³-hybridized carbons (Fsp3) is 0.625. The van der Waals surface area contributed by atoms with Crippen molar-refractivity contribution in [1.29, 1.82) is 0 Å². The monoisotopic (exact) mass is 312 g/mol. The Morgan fingerprint density at radius 2 is 1.85 bits per heavy atom. The van der Waals surface area contributed by atoms with Crippen LogP contribution in [0.25, 0.3) is 0 Å². The second kappa shape index (κ2) is 6.65. The fourth-order valence-corrected chi connectivity index (χ4v) is 3.42. The lowest BCUT2D eigenvalue weighted by atomic mass is 10.0. The van der Waals surface area contributed by atoms with E-state index in [1.54, 1.807) is 0 Å². The van der Waals surface area contributed by atoms with Gasteiger partial charge in [-0.3, -0.25) is 4.90 Å². The van der Waals surface area contributed by atoms with E-state index >= 15 is 0 Å². The number of piperidine rings is 1. The Kier molecular flexibility index (Phi) is 4.87. The Labute approximate surface area is 131 Å². The van der Waals surface area contributed by atoms with Crippen molar-refractivity contribution < 1.29 is 0 Å². The quantitative estimate of drug-likeness (QED) is 0.885. The molecule has 0 bridgehead atoms. The number of nitrogens with one attached hydrogen (secondary N) is 1. The molecule has 20 heavy (non-hydrogen) atoms. The number of rotatable bonds is 5. The lowest BCUT2D eigenvalue weighted by molar-refractivity contribution is 0.147. The van der Waals surface area contributed by atoms with Gasteiger partial charge in [0.2, 0.25) is 0 Å². The molecule has 2 nitrogen and oxygen atoms in total. The second-order valence-electron chi connectivity index (χ2n) is 6.07. The molecule has 4 heteroatoms. The largest absolute Gasteiger partial charge is 0.317 e. The van der Waals surface area contributed by atoms with Crippen LogP contribution in [0.1, 0.15) is 31.2 Å². The van der Waals surface area contributed by atoms with Crippen molar-refractivity contribution in [1.82, 2.24) is 10.2 Å². The summed E-state index contributed by atoms with van der Waals surface area (Å²) in [6, 6.07) is 6.66. The lowest BCUT2D eigenvalue weighted by Gasteiger charge is -2.35. The van der Waals surface area contributed by atoms with Crippen LogP contribution in [0.5, 0.6) is 0 Å². The molecule has 1 aromatic rings. The summed E-state index contributed by atoms with van der Waals surface area (Å²) >= 11 is 12.5. The number of nitrogens with zero attached hydrogens (tertiary/aromatic N) is 1. The number of halogens is 2.